The molecule has 0 spiro atoms. The summed E-state index contributed by atoms with van der Waals surface area (Å²) in [5.41, 5.74) is 2.50. The van der Waals surface area contributed by atoms with Gasteiger partial charge in [0.25, 0.3) is 0 Å². The molecular formula is C37H44N2O5. The van der Waals surface area contributed by atoms with Crippen LogP contribution in [0.3, 0.4) is 0 Å². The van der Waals surface area contributed by atoms with Crippen molar-refractivity contribution in [3.63, 3.8) is 0 Å². The van der Waals surface area contributed by atoms with E-state index in [1.165, 1.54) is 16.9 Å². The summed E-state index contributed by atoms with van der Waals surface area (Å²) in [6.07, 6.45) is 2.53. The van der Waals surface area contributed by atoms with E-state index in [9.17, 15) is 14.4 Å². The molecule has 1 saturated carbocycles. The summed E-state index contributed by atoms with van der Waals surface area (Å²) < 4.78 is 11.7. The molecule has 1 aliphatic heterocycles. The Hall–Kier alpha value is -4.13. The first-order chi connectivity index (χ1) is 21.2. The van der Waals surface area contributed by atoms with Gasteiger partial charge in [0.15, 0.2) is 12.1 Å². The summed E-state index contributed by atoms with van der Waals surface area (Å²) in [5, 5.41) is 0. The zero-order valence-electron chi connectivity index (χ0n) is 26.3. The number of amides is 2. The van der Waals surface area contributed by atoms with Crippen molar-refractivity contribution in [1.82, 2.24) is 9.80 Å². The summed E-state index contributed by atoms with van der Waals surface area (Å²) in [4.78, 5) is 46.2. The molecule has 2 aliphatic rings. The third-order valence-corrected chi connectivity index (χ3v) is 9.46. The molecule has 232 valence electrons. The van der Waals surface area contributed by atoms with Crippen LogP contribution < -0.4 is 0 Å². The van der Waals surface area contributed by atoms with Crippen molar-refractivity contribution in [2.24, 2.45) is 17.8 Å². The van der Waals surface area contributed by atoms with Gasteiger partial charge in [-0.2, -0.15) is 0 Å². The number of hydrogen-bond donors (Lipinski definition) is 0. The minimum absolute atomic E-state index is 0.210. The molecule has 44 heavy (non-hydrogen) atoms. The number of rotatable bonds is 9. The van der Waals surface area contributed by atoms with Crippen LogP contribution in [0.1, 0.15) is 75.7 Å². The van der Waals surface area contributed by atoms with Gasteiger partial charge in [-0.1, -0.05) is 118 Å². The van der Waals surface area contributed by atoms with Crippen molar-refractivity contribution < 1.29 is 23.9 Å². The smallest absolute Gasteiger partial charge is 0.332 e. The number of urea groups is 1. The molecule has 1 aliphatic carbocycles. The van der Waals surface area contributed by atoms with Crippen LogP contribution in [0.5, 0.6) is 0 Å². The fourth-order valence-electron chi connectivity index (χ4n) is 7.10. The summed E-state index contributed by atoms with van der Waals surface area (Å²) >= 11 is 0. The molecule has 5 unspecified atom stereocenters. The number of carbonyl (C=O) groups excluding carboxylic acids is 3. The average molecular weight is 597 g/mol. The first-order valence-electron chi connectivity index (χ1n) is 15.8. The largest absolute Gasteiger partial charge is 0.467 e. The molecule has 0 radical (unpaired) electrons. The molecule has 2 fully saturated rings. The van der Waals surface area contributed by atoms with Crippen molar-refractivity contribution >= 4 is 18.0 Å². The standard InChI is InChI=1S/C37H44N2O5/c1-24(2)30-22-21-25(3)23-31(30)44-36(41)34-33(35(40)43-5)39(37(42)38(34)26(4)27-15-9-6-10-16-27)32(28-17-11-7-12-18-28)29-19-13-8-14-20-29/h6-20,24-26,30-34H,21-23H2,1-5H3/t25?,26-,30?,31?,33?,34?/m1/s1. The Balaban J connectivity index is 1.64. The molecule has 2 amide bonds. The maximum absolute atomic E-state index is 14.8. The van der Waals surface area contributed by atoms with Crippen molar-refractivity contribution in [3.8, 4) is 0 Å². The van der Waals surface area contributed by atoms with E-state index in [0.29, 0.717) is 11.8 Å². The van der Waals surface area contributed by atoms with Crippen molar-refractivity contribution in [3.05, 3.63) is 108 Å². The van der Waals surface area contributed by atoms with E-state index in [1.54, 1.807) is 0 Å². The van der Waals surface area contributed by atoms with Gasteiger partial charge in [0.1, 0.15) is 6.10 Å². The lowest BCUT2D eigenvalue weighted by molar-refractivity contribution is -0.166. The number of methoxy groups -OCH3 is 1. The molecule has 3 aromatic rings. The van der Waals surface area contributed by atoms with E-state index in [2.05, 4.69) is 20.8 Å². The topological polar surface area (TPSA) is 76.2 Å². The highest BCUT2D eigenvalue weighted by Crippen LogP contribution is 2.42. The predicted octanol–water partition coefficient (Wildman–Crippen LogP) is 7.19. The number of benzene rings is 3. The monoisotopic (exact) mass is 596 g/mol. The average Bonchev–Trinajstić information content (AvgIpc) is 3.34. The van der Waals surface area contributed by atoms with Crippen molar-refractivity contribution in [2.75, 3.05) is 7.11 Å². The van der Waals surface area contributed by atoms with Crippen LogP contribution >= 0.6 is 0 Å². The summed E-state index contributed by atoms with van der Waals surface area (Å²) in [5.74, 6) is -0.263. The zero-order valence-corrected chi connectivity index (χ0v) is 26.3. The van der Waals surface area contributed by atoms with E-state index in [4.69, 9.17) is 9.47 Å². The van der Waals surface area contributed by atoms with E-state index in [0.717, 1.165) is 36.0 Å². The highest BCUT2D eigenvalue weighted by molar-refractivity contribution is 5.98. The normalized spacial score (nSPS) is 24.4. The lowest BCUT2D eigenvalue weighted by Gasteiger charge is -2.38. The highest BCUT2D eigenvalue weighted by atomic mass is 16.5. The summed E-state index contributed by atoms with van der Waals surface area (Å²) in [6.45, 7) is 8.40. The van der Waals surface area contributed by atoms with Gasteiger partial charge in [-0.15, -0.1) is 0 Å². The van der Waals surface area contributed by atoms with Gasteiger partial charge in [0, 0.05) is 0 Å². The van der Waals surface area contributed by atoms with Crippen molar-refractivity contribution in [2.45, 2.75) is 77.2 Å². The molecule has 5 rings (SSSR count). The maximum Gasteiger partial charge on any atom is 0.332 e. The van der Waals surface area contributed by atoms with Crippen LogP contribution in [0.25, 0.3) is 0 Å². The molecule has 7 nitrogen and oxygen atoms in total. The third kappa shape index (κ3) is 6.23. The Morgan fingerprint density at radius 1 is 0.727 bits per heavy atom. The lowest BCUT2D eigenvalue weighted by Crippen LogP contribution is -2.51. The molecule has 0 aromatic heterocycles. The molecule has 7 heteroatoms. The van der Waals surface area contributed by atoms with Crippen LogP contribution in [0.4, 0.5) is 4.79 Å². The molecule has 0 N–H and O–H groups in total. The number of esters is 2. The van der Waals surface area contributed by atoms with Crippen LogP contribution in [0.15, 0.2) is 91.0 Å². The molecule has 3 aromatic carbocycles. The Bertz CT molecular complexity index is 1370. The fraction of sp³-hybridized carbons (Fsp3) is 0.432. The van der Waals surface area contributed by atoms with Gasteiger partial charge in [0.05, 0.1) is 19.2 Å². The number of nitrogens with zero attached hydrogens (tertiary/aromatic N) is 2. The third-order valence-electron chi connectivity index (χ3n) is 9.46. The fourth-order valence-corrected chi connectivity index (χ4v) is 7.10. The van der Waals surface area contributed by atoms with Crippen LogP contribution in [0.2, 0.25) is 0 Å². The molecule has 1 heterocycles. The maximum atomic E-state index is 14.8. The highest BCUT2D eigenvalue weighted by Gasteiger charge is 2.58. The Morgan fingerprint density at radius 3 is 1.73 bits per heavy atom. The second kappa shape index (κ2) is 13.7. The van der Waals surface area contributed by atoms with Gasteiger partial charge in [-0.3, -0.25) is 4.90 Å². The molecular weight excluding hydrogens is 552 g/mol. The van der Waals surface area contributed by atoms with E-state index in [-0.39, 0.29) is 12.0 Å². The minimum atomic E-state index is -1.23. The Morgan fingerprint density at radius 2 is 1.23 bits per heavy atom. The van der Waals surface area contributed by atoms with Gasteiger partial charge in [0.2, 0.25) is 0 Å². The van der Waals surface area contributed by atoms with Gasteiger partial charge in [-0.25, -0.2) is 14.4 Å². The van der Waals surface area contributed by atoms with Gasteiger partial charge >= 0.3 is 18.0 Å². The lowest BCUT2D eigenvalue weighted by atomic mass is 9.75. The molecule has 0 bridgehead atoms. The Labute approximate surface area is 261 Å². The minimum Gasteiger partial charge on any atom is -0.467 e. The van der Waals surface area contributed by atoms with Crippen LogP contribution in [0, 0.1) is 17.8 Å². The molecule has 6 atom stereocenters. The number of hydrogen-bond acceptors (Lipinski definition) is 5. The quantitative estimate of drug-likeness (QED) is 0.245. The van der Waals surface area contributed by atoms with Crippen LogP contribution in [-0.2, 0) is 19.1 Å². The zero-order chi connectivity index (χ0) is 31.4. The van der Waals surface area contributed by atoms with E-state index >= 15 is 0 Å². The number of ether oxygens (including phenoxy) is 2. The first-order valence-corrected chi connectivity index (χ1v) is 15.8. The predicted molar refractivity (Wildman–Crippen MR) is 169 cm³/mol. The summed E-state index contributed by atoms with van der Waals surface area (Å²) in [6, 6.07) is 24.8. The summed E-state index contributed by atoms with van der Waals surface area (Å²) in [7, 11) is 1.30. The first kappa shape index (κ1) is 31.3. The SMILES string of the molecule is COC(=O)C1C(C(=O)OC2CC(C)CCC2C(C)C)N([C@H](C)c2ccccc2)C(=O)N1C(c1ccccc1)c1ccccc1. The van der Waals surface area contributed by atoms with E-state index < -0.39 is 42.1 Å². The Kier molecular flexibility index (Phi) is 9.72. The van der Waals surface area contributed by atoms with Crippen molar-refractivity contribution in [1.29, 1.82) is 0 Å². The van der Waals surface area contributed by atoms with Gasteiger partial charge < -0.3 is 14.4 Å². The van der Waals surface area contributed by atoms with Gasteiger partial charge in [-0.05, 0) is 54.2 Å². The van der Waals surface area contributed by atoms with E-state index in [1.807, 2.05) is 97.9 Å². The molecule has 1 saturated heterocycles. The van der Waals surface area contributed by atoms with Crippen LogP contribution in [-0.4, -0.2) is 53.1 Å². The number of carbonyl (C=O) groups is 3. The second-order valence-electron chi connectivity index (χ2n) is 12.6. The second-order valence-corrected chi connectivity index (χ2v) is 12.6.